The Morgan fingerprint density at radius 2 is 2.12 bits per heavy atom. The van der Waals surface area contributed by atoms with Crippen molar-refractivity contribution in [2.24, 2.45) is 0 Å². The summed E-state index contributed by atoms with van der Waals surface area (Å²) in [5.74, 6) is -0.391. The average Bonchev–Trinajstić information content (AvgIpc) is 3.02. The molecule has 1 aliphatic rings. The van der Waals surface area contributed by atoms with Crippen molar-refractivity contribution in [2.75, 3.05) is 18.4 Å². The maximum Gasteiger partial charge on any atom is 0.270 e. The van der Waals surface area contributed by atoms with Crippen molar-refractivity contribution in [3.05, 3.63) is 51.0 Å². The highest BCUT2D eigenvalue weighted by Crippen LogP contribution is 2.20. The number of rotatable bonds is 5. The van der Waals surface area contributed by atoms with E-state index in [4.69, 9.17) is 0 Å². The number of hydrogen-bond acceptors (Lipinski definition) is 6. The molecule has 0 atom stereocenters. The maximum absolute atomic E-state index is 12.2. The first kappa shape index (κ1) is 16.5. The molecule has 1 fully saturated rings. The van der Waals surface area contributed by atoms with Crippen LogP contribution >= 0.6 is 11.3 Å². The number of piperidine rings is 1. The average molecular weight is 346 g/mol. The number of anilines is 1. The quantitative estimate of drug-likeness (QED) is 0.663. The van der Waals surface area contributed by atoms with Gasteiger partial charge in [-0.15, -0.1) is 11.3 Å². The van der Waals surface area contributed by atoms with Crippen molar-refractivity contribution in [1.82, 2.24) is 9.88 Å². The van der Waals surface area contributed by atoms with Crippen LogP contribution in [0.3, 0.4) is 0 Å². The predicted octanol–water partition coefficient (Wildman–Crippen LogP) is 3.29. The molecule has 3 rings (SSSR count). The molecule has 0 bridgehead atoms. The highest BCUT2D eigenvalue weighted by Gasteiger charge is 2.15. The number of benzene rings is 1. The Hall–Kier alpha value is -2.32. The zero-order valence-electron chi connectivity index (χ0n) is 13.1. The molecule has 0 saturated carbocycles. The van der Waals surface area contributed by atoms with Gasteiger partial charge in [-0.3, -0.25) is 25.1 Å². The van der Waals surface area contributed by atoms with Crippen molar-refractivity contribution in [1.29, 1.82) is 0 Å². The lowest BCUT2D eigenvalue weighted by Crippen LogP contribution is -2.29. The molecule has 1 amide bonds. The van der Waals surface area contributed by atoms with Gasteiger partial charge in [0.1, 0.15) is 0 Å². The highest BCUT2D eigenvalue weighted by molar-refractivity contribution is 7.13. The van der Waals surface area contributed by atoms with E-state index in [9.17, 15) is 14.9 Å². The van der Waals surface area contributed by atoms with E-state index in [1.165, 1.54) is 48.8 Å². The molecule has 2 heterocycles. The Morgan fingerprint density at radius 3 is 2.88 bits per heavy atom. The monoisotopic (exact) mass is 346 g/mol. The summed E-state index contributed by atoms with van der Waals surface area (Å²) < 4.78 is 0. The Labute approximate surface area is 143 Å². The maximum atomic E-state index is 12.2. The van der Waals surface area contributed by atoms with Gasteiger partial charge in [-0.2, -0.15) is 0 Å². The molecule has 1 N–H and O–H groups in total. The second kappa shape index (κ2) is 7.50. The number of carbonyl (C=O) groups excluding carboxylic acids is 1. The fourth-order valence-corrected chi connectivity index (χ4v) is 3.41. The highest BCUT2D eigenvalue weighted by atomic mass is 32.1. The fraction of sp³-hybridized carbons (Fsp3) is 0.375. The molecule has 8 heteroatoms. The zero-order valence-corrected chi connectivity index (χ0v) is 13.9. The van der Waals surface area contributed by atoms with Gasteiger partial charge in [0.05, 0.1) is 10.6 Å². The van der Waals surface area contributed by atoms with E-state index in [2.05, 4.69) is 15.2 Å². The largest absolute Gasteiger partial charge is 0.298 e. The summed E-state index contributed by atoms with van der Waals surface area (Å²) in [6, 6.07) is 5.66. The third-order valence-corrected chi connectivity index (χ3v) is 4.73. The molecule has 0 unspecified atom stereocenters. The number of likely N-dealkylation sites (tertiary alicyclic amines) is 1. The molecule has 1 aliphatic heterocycles. The number of nitrogens with one attached hydrogen (secondary N) is 1. The summed E-state index contributed by atoms with van der Waals surface area (Å²) in [6.07, 6.45) is 3.74. The molecule has 1 aromatic carbocycles. The van der Waals surface area contributed by atoms with Gasteiger partial charge in [0, 0.05) is 29.6 Å². The number of amides is 1. The number of nitro groups is 1. The molecular formula is C16H18N4O3S. The van der Waals surface area contributed by atoms with E-state index >= 15 is 0 Å². The number of nitro benzene ring substituents is 1. The Bertz CT molecular complexity index is 740. The topological polar surface area (TPSA) is 88.4 Å². The molecule has 7 nitrogen and oxygen atoms in total. The molecule has 0 aliphatic carbocycles. The third-order valence-electron chi connectivity index (χ3n) is 3.93. The van der Waals surface area contributed by atoms with E-state index in [0.717, 1.165) is 25.3 Å². The van der Waals surface area contributed by atoms with Crippen LogP contribution in [0.5, 0.6) is 0 Å². The minimum Gasteiger partial charge on any atom is -0.298 e. The van der Waals surface area contributed by atoms with Crippen LogP contribution in [-0.2, 0) is 6.54 Å². The van der Waals surface area contributed by atoms with Crippen molar-refractivity contribution in [2.45, 2.75) is 25.8 Å². The smallest absolute Gasteiger partial charge is 0.270 e. The van der Waals surface area contributed by atoms with Crippen LogP contribution in [0.25, 0.3) is 0 Å². The van der Waals surface area contributed by atoms with Crippen LogP contribution in [0.1, 0.15) is 35.3 Å². The lowest BCUT2D eigenvalue weighted by Gasteiger charge is -2.25. The van der Waals surface area contributed by atoms with E-state index in [0.29, 0.717) is 5.13 Å². The van der Waals surface area contributed by atoms with E-state index in [1.807, 2.05) is 5.38 Å². The minimum absolute atomic E-state index is 0.104. The number of aromatic nitrogens is 1. The van der Waals surface area contributed by atoms with Crippen molar-refractivity contribution in [3.8, 4) is 0 Å². The second-order valence-corrected chi connectivity index (χ2v) is 6.60. The first-order valence-electron chi connectivity index (χ1n) is 7.84. The lowest BCUT2D eigenvalue weighted by molar-refractivity contribution is -0.384. The van der Waals surface area contributed by atoms with Gasteiger partial charge in [-0.25, -0.2) is 4.98 Å². The van der Waals surface area contributed by atoms with Gasteiger partial charge >= 0.3 is 0 Å². The number of thiazole rings is 1. The van der Waals surface area contributed by atoms with Gasteiger partial charge in [0.2, 0.25) is 0 Å². The summed E-state index contributed by atoms with van der Waals surface area (Å²) in [4.78, 5) is 29.3. The van der Waals surface area contributed by atoms with Gasteiger partial charge < -0.3 is 0 Å². The molecule has 1 aromatic heterocycles. The lowest BCUT2D eigenvalue weighted by atomic mass is 10.1. The van der Waals surface area contributed by atoms with Gasteiger partial charge in [0.15, 0.2) is 5.13 Å². The van der Waals surface area contributed by atoms with Gasteiger partial charge in [0.25, 0.3) is 11.6 Å². The van der Waals surface area contributed by atoms with Crippen molar-refractivity contribution >= 4 is 28.1 Å². The van der Waals surface area contributed by atoms with E-state index in [-0.39, 0.29) is 11.3 Å². The molecule has 0 radical (unpaired) electrons. The Balaban J connectivity index is 1.62. The second-order valence-electron chi connectivity index (χ2n) is 5.74. The Kier molecular flexibility index (Phi) is 5.17. The summed E-state index contributed by atoms with van der Waals surface area (Å²) in [6.45, 7) is 2.98. The van der Waals surface area contributed by atoms with Crippen molar-refractivity contribution in [3.63, 3.8) is 0 Å². The van der Waals surface area contributed by atoms with Crippen LogP contribution in [0, 0.1) is 10.1 Å². The first-order chi connectivity index (χ1) is 11.6. The molecule has 2 aromatic rings. The fourth-order valence-electron chi connectivity index (χ4n) is 2.71. The summed E-state index contributed by atoms with van der Waals surface area (Å²) >= 11 is 1.37. The predicted molar refractivity (Wildman–Crippen MR) is 92.3 cm³/mol. The standard InChI is InChI=1S/C16H18N4O3S/c21-15(12-5-4-6-14(9-12)20(22)23)18-16-17-13(11-24-16)10-19-7-2-1-3-8-19/h4-6,9,11H,1-3,7-8,10H2,(H,17,18,21). The van der Waals surface area contributed by atoms with Gasteiger partial charge in [-0.05, 0) is 32.0 Å². The summed E-state index contributed by atoms with van der Waals surface area (Å²) in [5, 5.41) is 15.9. The molecular weight excluding hydrogens is 328 g/mol. The zero-order chi connectivity index (χ0) is 16.9. The minimum atomic E-state index is -0.517. The van der Waals surface area contributed by atoms with Crippen LogP contribution < -0.4 is 5.32 Å². The van der Waals surface area contributed by atoms with Gasteiger partial charge in [-0.1, -0.05) is 12.5 Å². The van der Waals surface area contributed by atoms with Crippen molar-refractivity contribution < 1.29 is 9.72 Å². The molecule has 1 saturated heterocycles. The number of nitrogens with zero attached hydrogens (tertiary/aromatic N) is 3. The van der Waals surface area contributed by atoms with Crippen LogP contribution in [0.15, 0.2) is 29.6 Å². The molecule has 0 spiro atoms. The van der Waals surface area contributed by atoms with E-state index in [1.54, 1.807) is 6.07 Å². The molecule has 24 heavy (non-hydrogen) atoms. The number of non-ortho nitro benzene ring substituents is 1. The van der Waals surface area contributed by atoms with Crippen LogP contribution in [0.2, 0.25) is 0 Å². The van der Waals surface area contributed by atoms with Crippen LogP contribution in [0.4, 0.5) is 10.8 Å². The Morgan fingerprint density at radius 1 is 1.33 bits per heavy atom. The normalized spacial score (nSPS) is 15.2. The first-order valence-corrected chi connectivity index (χ1v) is 8.72. The van der Waals surface area contributed by atoms with Crippen LogP contribution in [-0.4, -0.2) is 33.8 Å². The molecule has 126 valence electrons. The summed E-state index contributed by atoms with van der Waals surface area (Å²) in [7, 11) is 0. The number of carbonyl (C=O) groups is 1. The third kappa shape index (κ3) is 4.15. The van der Waals surface area contributed by atoms with E-state index < -0.39 is 10.8 Å². The number of hydrogen-bond donors (Lipinski definition) is 1. The SMILES string of the molecule is O=C(Nc1nc(CN2CCCCC2)cs1)c1cccc([N+](=O)[O-])c1. The summed E-state index contributed by atoms with van der Waals surface area (Å²) in [5.41, 5.74) is 1.08.